The fourth-order valence-electron chi connectivity index (χ4n) is 4.42. The maximum Gasteiger partial charge on any atom is 0.251 e. The molecule has 1 aromatic heterocycles. The Kier molecular flexibility index (Phi) is 9.91. The summed E-state index contributed by atoms with van der Waals surface area (Å²) in [4.78, 5) is 17.7. The summed E-state index contributed by atoms with van der Waals surface area (Å²) in [5, 5.41) is 3.69. The third-order valence-electron chi connectivity index (χ3n) is 6.38. The van der Waals surface area contributed by atoms with Crippen LogP contribution in [0, 0.1) is 0 Å². The van der Waals surface area contributed by atoms with Crippen molar-refractivity contribution in [2.45, 2.75) is 32.2 Å². The van der Waals surface area contributed by atoms with Crippen LogP contribution in [0.2, 0.25) is 5.02 Å². The monoisotopic (exact) mass is 551 g/mol. The minimum atomic E-state index is -0.205. The van der Waals surface area contributed by atoms with Crippen molar-refractivity contribution in [3.63, 3.8) is 0 Å². The second kappa shape index (κ2) is 13.8. The lowest BCUT2D eigenvalue weighted by Crippen LogP contribution is -2.25. The number of methoxy groups -OCH3 is 3. The van der Waals surface area contributed by atoms with Crippen LogP contribution in [-0.2, 0) is 13.0 Å². The van der Waals surface area contributed by atoms with E-state index in [1.54, 1.807) is 12.1 Å². The Hall–Kier alpha value is -3.91. The molecule has 0 atom stereocenters. The molecule has 0 saturated heterocycles. The summed E-state index contributed by atoms with van der Waals surface area (Å²) < 4.78 is 24.2. The minimum Gasteiger partial charge on any atom is -0.494 e. The number of rotatable bonds is 14. The van der Waals surface area contributed by atoms with E-state index in [9.17, 15) is 4.79 Å². The molecule has 1 N–H and O–H groups in total. The number of hydrogen-bond acceptors (Lipinski definition) is 6. The first kappa shape index (κ1) is 28.1. The number of carbonyl (C=O) groups excluding carboxylic acids is 1. The minimum absolute atomic E-state index is 0.205. The number of fused-ring (bicyclic) bond motifs is 1. The molecule has 0 aliphatic carbocycles. The summed E-state index contributed by atoms with van der Waals surface area (Å²) in [5.41, 5.74) is 2.54. The summed E-state index contributed by atoms with van der Waals surface area (Å²) in [6.07, 6.45) is 3.36. The molecule has 9 heteroatoms. The van der Waals surface area contributed by atoms with Gasteiger partial charge in [0.25, 0.3) is 5.91 Å². The number of hydrogen-bond donors (Lipinski definition) is 1. The van der Waals surface area contributed by atoms with Crippen molar-refractivity contribution in [3.8, 4) is 23.0 Å². The molecule has 4 rings (SSSR count). The summed E-state index contributed by atoms with van der Waals surface area (Å²) in [6.45, 7) is 1.99. The van der Waals surface area contributed by atoms with Gasteiger partial charge in [0, 0.05) is 30.1 Å². The van der Waals surface area contributed by atoms with Crippen molar-refractivity contribution in [1.82, 2.24) is 14.9 Å². The molecule has 8 nitrogen and oxygen atoms in total. The van der Waals surface area contributed by atoms with Crippen LogP contribution in [0.5, 0.6) is 23.0 Å². The van der Waals surface area contributed by atoms with Gasteiger partial charge >= 0.3 is 0 Å². The van der Waals surface area contributed by atoms with Crippen LogP contribution in [0.3, 0.4) is 0 Å². The van der Waals surface area contributed by atoms with Gasteiger partial charge in [-0.2, -0.15) is 0 Å². The maximum absolute atomic E-state index is 12.8. The van der Waals surface area contributed by atoms with E-state index in [0.717, 1.165) is 54.8 Å². The molecule has 39 heavy (non-hydrogen) atoms. The Morgan fingerprint density at radius 1 is 0.923 bits per heavy atom. The first-order chi connectivity index (χ1) is 19.0. The van der Waals surface area contributed by atoms with Gasteiger partial charge in [-0.15, -0.1) is 0 Å². The van der Waals surface area contributed by atoms with E-state index < -0.39 is 0 Å². The molecule has 0 fully saturated rings. The molecule has 0 radical (unpaired) electrons. The number of para-hydroxylation sites is 2. The molecular formula is C30H34ClN3O5. The Balaban J connectivity index is 1.32. The highest BCUT2D eigenvalue weighted by Gasteiger charge is 2.17. The zero-order valence-corrected chi connectivity index (χ0v) is 23.3. The number of imidazole rings is 1. The smallest absolute Gasteiger partial charge is 0.251 e. The van der Waals surface area contributed by atoms with Gasteiger partial charge in [0.2, 0.25) is 5.75 Å². The van der Waals surface area contributed by atoms with E-state index >= 15 is 0 Å². The van der Waals surface area contributed by atoms with Gasteiger partial charge in [-0.1, -0.05) is 23.7 Å². The van der Waals surface area contributed by atoms with Gasteiger partial charge < -0.3 is 28.8 Å². The second-order valence-electron chi connectivity index (χ2n) is 8.95. The average molecular weight is 552 g/mol. The van der Waals surface area contributed by atoms with E-state index in [2.05, 4.69) is 16.0 Å². The maximum atomic E-state index is 12.8. The first-order valence-electron chi connectivity index (χ1n) is 12.9. The predicted molar refractivity (Wildman–Crippen MR) is 153 cm³/mol. The second-order valence-corrected chi connectivity index (χ2v) is 9.39. The molecule has 0 saturated carbocycles. The normalized spacial score (nSPS) is 10.9. The van der Waals surface area contributed by atoms with Crippen LogP contribution in [-0.4, -0.2) is 49.9 Å². The van der Waals surface area contributed by atoms with Crippen LogP contribution in [0.4, 0.5) is 0 Å². The quantitative estimate of drug-likeness (QED) is 0.195. The predicted octanol–water partition coefficient (Wildman–Crippen LogP) is 5.94. The average Bonchev–Trinajstić information content (AvgIpc) is 3.32. The van der Waals surface area contributed by atoms with Crippen molar-refractivity contribution in [3.05, 3.63) is 77.1 Å². The lowest BCUT2D eigenvalue weighted by atomic mass is 10.1. The number of nitrogens with one attached hydrogen (secondary N) is 1. The largest absolute Gasteiger partial charge is 0.494 e. The molecule has 0 aliphatic heterocycles. The van der Waals surface area contributed by atoms with E-state index in [4.69, 9.17) is 35.5 Å². The van der Waals surface area contributed by atoms with Crippen molar-refractivity contribution in [2.75, 3.05) is 34.5 Å². The zero-order valence-electron chi connectivity index (χ0n) is 22.5. The van der Waals surface area contributed by atoms with Crippen molar-refractivity contribution in [1.29, 1.82) is 0 Å². The summed E-state index contributed by atoms with van der Waals surface area (Å²) in [6, 6.07) is 18.9. The summed E-state index contributed by atoms with van der Waals surface area (Å²) in [7, 11) is 4.58. The number of aromatic nitrogens is 2. The van der Waals surface area contributed by atoms with E-state index in [1.165, 1.54) is 21.3 Å². The highest BCUT2D eigenvalue weighted by molar-refractivity contribution is 6.30. The third kappa shape index (κ3) is 7.15. The van der Waals surface area contributed by atoms with Gasteiger partial charge in [0.1, 0.15) is 11.6 Å². The molecule has 0 bridgehead atoms. The van der Waals surface area contributed by atoms with Crippen LogP contribution in [0.25, 0.3) is 11.0 Å². The summed E-state index contributed by atoms with van der Waals surface area (Å²) >= 11 is 5.94. The highest BCUT2D eigenvalue weighted by atomic mass is 35.5. The number of ether oxygens (including phenoxy) is 4. The molecule has 1 amide bonds. The van der Waals surface area contributed by atoms with Crippen molar-refractivity contribution < 1.29 is 23.7 Å². The molecule has 0 aliphatic rings. The van der Waals surface area contributed by atoms with Gasteiger partial charge in [0.05, 0.1) is 39.0 Å². The van der Waals surface area contributed by atoms with Crippen LogP contribution < -0.4 is 24.3 Å². The van der Waals surface area contributed by atoms with E-state index in [0.29, 0.717) is 41.0 Å². The Bertz CT molecular complexity index is 1360. The van der Waals surface area contributed by atoms with Crippen molar-refractivity contribution in [2.24, 2.45) is 0 Å². The Morgan fingerprint density at radius 3 is 2.33 bits per heavy atom. The topological polar surface area (TPSA) is 83.8 Å². The number of aryl methyl sites for hydroxylation is 2. The molecule has 0 unspecified atom stereocenters. The standard InChI is InChI=1S/C30H34ClN3O5/c1-36-26-19-21(20-27(37-2)29(26)38-3)30(35)32-16-8-11-28-33-24-9-4-5-10-25(24)34(28)17-6-7-18-39-23-14-12-22(31)13-15-23/h4-5,9-10,12-15,19-20H,6-8,11,16-18H2,1-3H3,(H,32,35). The molecular weight excluding hydrogens is 518 g/mol. The number of nitrogens with zero attached hydrogens (tertiary/aromatic N) is 2. The van der Waals surface area contributed by atoms with Gasteiger partial charge in [-0.25, -0.2) is 4.98 Å². The fourth-order valence-corrected chi connectivity index (χ4v) is 4.55. The molecule has 1 heterocycles. The molecule has 206 valence electrons. The number of halogens is 1. The van der Waals surface area contributed by atoms with E-state index in [-0.39, 0.29) is 5.91 Å². The van der Waals surface area contributed by atoms with Crippen LogP contribution in [0.15, 0.2) is 60.7 Å². The fraction of sp³-hybridized carbons (Fsp3) is 0.333. The SMILES string of the molecule is COc1cc(C(=O)NCCCc2nc3ccccc3n2CCCCOc2ccc(Cl)cc2)cc(OC)c1OC. The Labute approximate surface area is 233 Å². The van der Waals surface area contributed by atoms with Gasteiger partial charge in [-0.3, -0.25) is 4.79 Å². The highest BCUT2D eigenvalue weighted by Crippen LogP contribution is 2.38. The number of benzene rings is 3. The first-order valence-corrected chi connectivity index (χ1v) is 13.3. The molecule has 4 aromatic rings. The Morgan fingerprint density at radius 2 is 1.64 bits per heavy atom. The van der Waals surface area contributed by atoms with Gasteiger partial charge in [0.15, 0.2) is 11.5 Å². The van der Waals surface area contributed by atoms with Crippen LogP contribution in [0.1, 0.15) is 35.4 Å². The zero-order chi connectivity index (χ0) is 27.6. The van der Waals surface area contributed by atoms with E-state index in [1.807, 2.05) is 42.5 Å². The number of amides is 1. The van der Waals surface area contributed by atoms with Crippen molar-refractivity contribution >= 4 is 28.5 Å². The number of carbonyl (C=O) groups is 1. The lowest BCUT2D eigenvalue weighted by Gasteiger charge is -2.14. The summed E-state index contributed by atoms with van der Waals surface area (Å²) in [5.74, 6) is 2.96. The number of unbranched alkanes of at least 4 members (excludes halogenated alkanes) is 1. The molecule has 3 aromatic carbocycles. The third-order valence-corrected chi connectivity index (χ3v) is 6.63. The van der Waals surface area contributed by atoms with Gasteiger partial charge in [-0.05, 0) is 67.8 Å². The molecule has 0 spiro atoms. The lowest BCUT2D eigenvalue weighted by molar-refractivity contribution is 0.0952. The van der Waals surface area contributed by atoms with Crippen LogP contribution >= 0.6 is 11.6 Å².